The smallest absolute Gasteiger partial charge is 0.271 e. The van der Waals surface area contributed by atoms with E-state index in [9.17, 15) is 23.3 Å². The molecule has 0 atom stereocenters. The van der Waals surface area contributed by atoms with E-state index < -0.39 is 14.9 Å². The lowest BCUT2D eigenvalue weighted by Gasteiger charge is -2.33. The first kappa shape index (κ1) is 19.8. The summed E-state index contributed by atoms with van der Waals surface area (Å²) < 4.78 is 27.9. The van der Waals surface area contributed by atoms with Crippen LogP contribution in [0.1, 0.15) is 26.7 Å². The molecule has 1 saturated heterocycles. The summed E-state index contributed by atoms with van der Waals surface area (Å²) in [5, 5.41) is 10.9. The fourth-order valence-corrected chi connectivity index (χ4v) is 4.68. The van der Waals surface area contributed by atoms with Crippen molar-refractivity contribution in [1.29, 1.82) is 0 Å². The van der Waals surface area contributed by atoms with Crippen LogP contribution in [0.4, 0.5) is 5.69 Å². The van der Waals surface area contributed by atoms with Crippen LogP contribution in [0.2, 0.25) is 0 Å². The molecule has 1 aliphatic heterocycles. The molecule has 25 heavy (non-hydrogen) atoms. The highest BCUT2D eigenvalue weighted by Crippen LogP contribution is 2.25. The minimum atomic E-state index is -3.88. The normalized spacial score (nSPS) is 16.2. The quantitative estimate of drug-likeness (QED) is 0.565. The number of benzene rings is 1. The molecule has 138 valence electrons. The van der Waals surface area contributed by atoms with Gasteiger partial charge in [0.2, 0.25) is 15.9 Å². The van der Waals surface area contributed by atoms with E-state index >= 15 is 0 Å². The summed E-state index contributed by atoms with van der Waals surface area (Å²) in [6.07, 6.45) is 1.02. The van der Waals surface area contributed by atoms with Gasteiger partial charge in [-0.05, 0) is 18.9 Å². The zero-order valence-corrected chi connectivity index (χ0v) is 16.3. The van der Waals surface area contributed by atoms with E-state index in [1.807, 2.05) is 13.8 Å². The number of nitrogens with one attached hydrogen (secondary N) is 1. The van der Waals surface area contributed by atoms with E-state index in [-0.39, 0.29) is 28.4 Å². The summed E-state index contributed by atoms with van der Waals surface area (Å²) in [4.78, 5) is 23.8. The Labute approximate surface area is 154 Å². The molecule has 1 amide bonds. The number of carbonyl (C=O) groups excluding carboxylic acids is 1. The Bertz CT molecular complexity index is 773. The van der Waals surface area contributed by atoms with E-state index in [0.29, 0.717) is 30.4 Å². The van der Waals surface area contributed by atoms with Gasteiger partial charge in [0.1, 0.15) is 0 Å². The molecule has 8 nitrogen and oxygen atoms in total. The first-order valence-corrected chi connectivity index (χ1v) is 10.1. The molecule has 0 aliphatic carbocycles. The van der Waals surface area contributed by atoms with Crippen molar-refractivity contribution in [2.75, 3.05) is 13.1 Å². The number of carbonyl (C=O) groups is 1. The van der Waals surface area contributed by atoms with Gasteiger partial charge in [-0.2, -0.15) is 0 Å². The summed E-state index contributed by atoms with van der Waals surface area (Å²) in [5.74, 6) is -0.0284. The van der Waals surface area contributed by atoms with Gasteiger partial charge >= 0.3 is 0 Å². The van der Waals surface area contributed by atoms with Crippen molar-refractivity contribution in [1.82, 2.24) is 9.62 Å². The molecule has 1 N–H and O–H groups in total. The third-order valence-corrected chi connectivity index (χ3v) is 5.96. The predicted octanol–water partition coefficient (Wildman–Crippen LogP) is 2.28. The minimum absolute atomic E-state index is 0.0592. The SMILES string of the molecule is CC(C)C(=O)N1CCC(NS(=O)(=O)c2cc(Br)cc([N+](=O)[O-])c2)CC1. The summed E-state index contributed by atoms with van der Waals surface area (Å²) in [6, 6.07) is 3.30. The molecule has 0 aromatic heterocycles. The maximum atomic E-state index is 12.5. The van der Waals surface area contributed by atoms with Crippen LogP contribution < -0.4 is 4.72 Å². The fraction of sp³-hybridized carbons (Fsp3) is 0.533. The van der Waals surface area contributed by atoms with Crippen molar-refractivity contribution in [2.45, 2.75) is 37.6 Å². The molecular weight excluding hydrogens is 414 g/mol. The molecule has 1 aromatic carbocycles. The van der Waals surface area contributed by atoms with E-state index in [4.69, 9.17) is 0 Å². The van der Waals surface area contributed by atoms with Crippen LogP contribution in [-0.4, -0.2) is 43.3 Å². The molecule has 1 heterocycles. The Kier molecular flexibility index (Phi) is 6.17. The maximum absolute atomic E-state index is 12.5. The average Bonchev–Trinajstić information content (AvgIpc) is 2.53. The van der Waals surface area contributed by atoms with Crippen LogP contribution in [0, 0.1) is 16.0 Å². The Hall–Kier alpha value is -1.52. The number of amides is 1. The molecule has 0 saturated carbocycles. The Morgan fingerprint density at radius 2 is 1.92 bits per heavy atom. The molecule has 1 fully saturated rings. The van der Waals surface area contributed by atoms with Gasteiger partial charge in [-0.1, -0.05) is 29.8 Å². The van der Waals surface area contributed by atoms with Crippen LogP contribution in [0.3, 0.4) is 0 Å². The minimum Gasteiger partial charge on any atom is -0.342 e. The zero-order chi connectivity index (χ0) is 18.8. The topological polar surface area (TPSA) is 110 Å². The van der Waals surface area contributed by atoms with Gasteiger partial charge in [-0.25, -0.2) is 13.1 Å². The maximum Gasteiger partial charge on any atom is 0.271 e. The summed E-state index contributed by atoms with van der Waals surface area (Å²) in [6.45, 7) is 4.64. The second-order valence-corrected chi connectivity index (χ2v) is 8.91. The summed E-state index contributed by atoms with van der Waals surface area (Å²) in [5.41, 5.74) is -0.299. The van der Waals surface area contributed by atoms with Crippen molar-refractivity contribution in [2.24, 2.45) is 5.92 Å². The number of nitrogens with zero attached hydrogens (tertiary/aromatic N) is 2. The number of nitro groups is 1. The van der Waals surface area contributed by atoms with Crippen LogP contribution >= 0.6 is 15.9 Å². The average molecular weight is 434 g/mol. The number of halogens is 1. The van der Waals surface area contributed by atoms with Crippen LogP contribution in [0.25, 0.3) is 0 Å². The number of sulfonamides is 1. The number of non-ortho nitro benzene ring substituents is 1. The summed E-state index contributed by atoms with van der Waals surface area (Å²) >= 11 is 3.10. The van der Waals surface area contributed by atoms with E-state index in [1.54, 1.807) is 4.90 Å². The number of piperidine rings is 1. The van der Waals surface area contributed by atoms with Crippen molar-refractivity contribution >= 4 is 37.5 Å². The monoisotopic (exact) mass is 433 g/mol. The Morgan fingerprint density at radius 3 is 2.44 bits per heavy atom. The molecule has 0 radical (unpaired) electrons. The van der Waals surface area contributed by atoms with Gasteiger partial charge in [-0.3, -0.25) is 14.9 Å². The van der Waals surface area contributed by atoms with Crippen molar-refractivity contribution in [3.05, 3.63) is 32.8 Å². The van der Waals surface area contributed by atoms with Crippen LogP contribution in [-0.2, 0) is 14.8 Å². The van der Waals surface area contributed by atoms with Crippen LogP contribution in [0.15, 0.2) is 27.6 Å². The lowest BCUT2D eigenvalue weighted by Crippen LogP contribution is -2.47. The number of rotatable bonds is 5. The highest BCUT2D eigenvalue weighted by molar-refractivity contribution is 9.10. The van der Waals surface area contributed by atoms with Gasteiger partial charge < -0.3 is 4.90 Å². The number of likely N-dealkylation sites (tertiary alicyclic amines) is 1. The first-order chi connectivity index (χ1) is 11.6. The van der Waals surface area contributed by atoms with Gasteiger partial charge in [0, 0.05) is 41.7 Å². The molecule has 0 spiro atoms. The molecule has 10 heteroatoms. The standard InChI is InChI=1S/C15H20BrN3O5S/c1-10(2)15(20)18-5-3-12(4-6-18)17-25(23,24)14-8-11(16)7-13(9-14)19(21)22/h7-10,12,17H,3-6H2,1-2H3. The lowest BCUT2D eigenvalue weighted by molar-refractivity contribution is -0.385. The number of hydrogen-bond acceptors (Lipinski definition) is 5. The molecular formula is C15H20BrN3O5S. The van der Waals surface area contributed by atoms with Gasteiger partial charge in [0.05, 0.1) is 9.82 Å². The Balaban J connectivity index is 2.08. The predicted molar refractivity (Wildman–Crippen MR) is 95.6 cm³/mol. The lowest BCUT2D eigenvalue weighted by atomic mass is 10.0. The number of nitro benzene ring substituents is 1. The summed E-state index contributed by atoms with van der Waals surface area (Å²) in [7, 11) is -3.88. The molecule has 2 rings (SSSR count). The third-order valence-electron chi connectivity index (χ3n) is 4.00. The van der Waals surface area contributed by atoms with Crippen molar-refractivity contribution < 1.29 is 18.1 Å². The zero-order valence-electron chi connectivity index (χ0n) is 13.9. The van der Waals surface area contributed by atoms with Gasteiger partial charge in [0.15, 0.2) is 0 Å². The largest absolute Gasteiger partial charge is 0.342 e. The van der Waals surface area contributed by atoms with Gasteiger partial charge in [0.25, 0.3) is 5.69 Å². The van der Waals surface area contributed by atoms with Gasteiger partial charge in [-0.15, -0.1) is 0 Å². The fourth-order valence-electron chi connectivity index (χ4n) is 2.68. The molecule has 1 aromatic rings. The highest BCUT2D eigenvalue weighted by atomic mass is 79.9. The third kappa shape index (κ3) is 4.99. The second kappa shape index (κ2) is 7.79. The molecule has 0 unspecified atom stereocenters. The van der Waals surface area contributed by atoms with E-state index in [1.165, 1.54) is 12.1 Å². The Morgan fingerprint density at radius 1 is 1.32 bits per heavy atom. The van der Waals surface area contributed by atoms with Crippen molar-refractivity contribution in [3.8, 4) is 0 Å². The first-order valence-electron chi connectivity index (χ1n) is 7.86. The molecule has 1 aliphatic rings. The molecule has 0 bridgehead atoms. The highest BCUT2D eigenvalue weighted by Gasteiger charge is 2.28. The van der Waals surface area contributed by atoms with Crippen LogP contribution in [0.5, 0.6) is 0 Å². The van der Waals surface area contributed by atoms with E-state index in [2.05, 4.69) is 20.7 Å². The number of hydrogen-bond donors (Lipinski definition) is 1. The van der Waals surface area contributed by atoms with Crippen molar-refractivity contribution in [3.63, 3.8) is 0 Å². The van der Waals surface area contributed by atoms with E-state index in [0.717, 1.165) is 6.07 Å². The second-order valence-electron chi connectivity index (χ2n) is 6.28.